The van der Waals surface area contributed by atoms with Crippen LogP contribution in [0.15, 0.2) is 72.1 Å². The van der Waals surface area contributed by atoms with Crippen LogP contribution in [0.25, 0.3) is 21.5 Å². The Hall–Kier alpha value is -2.80. The standard InChI is InChI=1S/C27H29ClN4OS/c28-22-7-3-8-23(19-22)31-15-13-30(14-16-31)12-5-11-29-27(33)20-32-24-9-2-1-6-21(24)18-25(32)26-10-4-17-34-26/h1-4,6-10,17-19H,5,11-16,20H2,(H,29,33). The molecule has 4 aromatic rings. The van der Waals surface area contributed by atoms with Gasteiger partial charge in [-0.3, -0.25) is 9.69 Å². The molecule has 1 amide bonds. The second-order valence-corrected chi connectivity index (χ2v) is 10.0. The topological polar surface area (TPSA) is 40.5 Å². The average Bonchev–Trinajstić information content (AvgIpc) is 3.51. The molecule has 0 atom stereocenters. The Morgan fingerprint density at radius 3 is 2.62 bits per heavy atom. The van der Waals surface area contributed by atoms with Crippen molar-refractivity contribution in [3.05, 3.63) is 77.1 Å². The Morgan fingerprint density at radius 2 is 1.82 bits per heavy atom. The predicted molar refractivity (Wildman–Crippen MR) is 143 cm³/mol. The summed E-state index contributed by atoms with van der Waals surface area (Å²) in [7, 11) is 0. The van der Waals surface area contributed by atoms with Gasteiger partial charge >= 0.3 is 0 Å². The lowest BCUT2D eigenvalue weighted by molar-refractivity contribution is -0.121. The number of halogens is 1. The number of anilines is 1. The van der Waals surface area contributed by atoms with Crippen molar-refractivity contribution < 1.29 is 4.79 Å². The first-order valence-corrected chi connectivity index (χ1v) is 13.0. The number of nitrogens with one attached hydrogen (secondary N) is 1. The first-order chi connectivity index (χ1) is 16.7. The average molecular weight is 493 g/mol. The van der Waals surface area contributed by atoms with Crippen molar-refractivity contribution in [1.29, 1.82) is 0 Å². The monoisotopic (exact) mass is 492 g/mol. The molecule has 34 heavy (non-hydrogen) atoms. The zero-order chi connectivity index (χ0) is 23.3. The summed E-state index contributed by atoms with van der Waals surface area (Å²) >= 11 is 7.84. The van der Waals surface area contributed by atoms with Crippen molar-refractivity contribution >= 4 is 45.4 Å². The minimum atomic E-state index is 0.0601. The van der Waals surface area contributed by atoms with Crippen LogP contribution < -0.4 is 10.2 Å². The van der Waals surface area contributed by atoms with Gasteiger partial charge in [-0.2, -0.15) is 0 Å². The molecule has 1 aliphatic rings. The highest BCUT2D eigenvalue weighted by Gasteiger charge is 2.17. The molecule has 0 spiro atoms. The van der Waals surface area contributed by atoms with E-state index < -0.39 is 0 Å². The molecule has 1 N–H and O–H groups in total. The summed E-state index contributed by atoms with van der Waals surface area (Å²) in [5.41, 5.74) is 3.39. The molecule has 0 radical (unpaired) electrons. The van der Waals surface area contributed by atoms with E-state index in [-0.39, 0.29) is 5.91 Å². The van der Waals surface area contributed by atoms with Crippen molar-refractivity contribution in [2.24, 2.45) is 0 Å². The number of hydrogen-bond donors (Lipinski definition) is 1. The van der Waals surface area contributed by atoms with E-state index in [4.69, 9.17) is 11.6 Å². The van der Waals surface area contributed by atoms with Crippen LogP contribution >= 0.6 is 22.9 Å². The van der Waals surface area contributed by atoms with Gasteiger partial charge in [0.2, 0.25) is 5.91 Å². The molecule has 7 heteroatoms. The van der Waals surface area contributed by atoms with Crippen LogP contribution in [-0.2, 0) is 11.3 Å². The summed E-state index contributed by atoms with van der Waals surface area (Å²) in [4.78, 5) is 18.8. The van der Waals surface area contributed by atoms with Crippen LogP contribution in [0.1, 0.15) is 6.42 Å². The third-order valence-electron chi connectivity index (χ3n) is 6.40. The highest BCUT2D eigenvalue weighted by atomic mass is 35.5. The van der Waals surface area contributed by atoms with E-state index in [0.717, 1.165) is 60.8 Å². The number of amides is 1. The largest absolute Gasteiger partial charge is 0.369 e. The number of rotatable bonds is 8. The minimum absolute atomic E-state index is 0.0601. The van der Waals surface area contributed by atoms with E-state index in [0.29, 0.717) is 13.1 Å². The first kappa shape index (κ1) is 23.0. The van der Waals surface area contributed by atoms with Gasteiger partial charge in [-0.1, -0.05) is 41.9 Å². The van der Waals surface area contributed by atoms with Crippen molar-refractivity contribution in [2.45, 2.75) is 13.0 Å². The highest BCUT2D eigenvalue weighted by Crippen LogP contribution is 2.31. The van der Waals surface area contributed by atoms with Gasteiger partial charge in [0.15, 0.2) is 0 Å². The summed E-state index contributed by atoms with van der Waals surface area (Å²) in [5.74, 6) is 0.0601. The first-order valence-electron chi connectivity index (χ1n) is 11.8. The molecule has 5 rings (SSSR count). The zero-order valence-electron chi connectivity index (χ0n) is 19.1. The maximum Gasteiger partial charge on any atom is 0.239 e. The van der Waals surface area contributed by atoms with Crippen LogP contribution in [0.2, 0.25) is 5.02 Å². The molecule has 0 bridgehead atoms. The smallest absolute Gasteiger partial charge is 0.239 e. The van der Waals surface area contributed by atoms with Gasteiger partial charge in [0.25, 0.3) is 0 Å². The van der Waals surface area contributed by atoms with E-state index in [1.165, 1.54) is 10.6 Å². The molecular weight excluding hydrogens is 464 g/mol. The fraction of sp³-hybridized carbons (Fsp3) is 0.296. The normalized spacial score (nSPS) is 14.6. The molecule has 0 unspecified atom stereocenters. The minimum Gasteiger partial charge on any atom is -0.369 e. The summed E-state index contributed by atoms with van der Waals surface area (Å²) < 4.78 is 2.13. The van der Waals surface area contributed by atoms with Gasteiger partial charge in [0.05, 0.1) is 10.6 Å². The Morgan fingerprint density at radius 1 is 0.971 bits per heavy atom. The summed E-state index contributed by atoms with van der Waals surface area (Å²) in [6.45, 7) is 6.08. The van der Waals surface area contributed by atoms with Crippen molar-refractivity contribution in [2.75, 3.05) is 44.2 Å². The zero-order valence-corrected chi connectivity index (χ0v) is 20.7. The lowest BCUT2D eigenvalue weighted by atomic mass is 10.2. The van der Waals surface area contributed by atoms with Gasteiger partial charge < -0.3 is 14.8 Å². The molecule has 176 valence electrons. The van der Waals surface area contributed by atoms with Crippen molar-refractivity contribution in [3.8, 4) is 10.6 Å². The quantitative estimate of drug-likeness (QED) is 0.337. The molecule has 2 aromatic carbocycles. The fourth-order valence-corrected chi connectivity index (χ4v) is 5.58. The summed E-state index contributed by atoms with van der Waals surface area (Å²) in [5, 5.41) is 7.15. The third kappa shape index (κ3) is 5.30. The third-order valence-corrected chi connectivity index (χ3v) is 7.53. The molecular formula is C27H29ClN4OS. The molecule has 0 aliphatic carbocycles. The van der Waals surface area contributed by atoms with E-state index in [1.807, 2.05) is 30.3 Å². The van der Waals surface area contributed by atoms with Crippen LogP contribution in [0.4, 0.5) is 5.69 Å². The fourth-order valence-electron chi connectivity index (χ4n) is 4.64. The number of carbonyl (C=O) groups is 1. The second-order valence-electron chi connectivity index (χ2n) is 8.66. The van der Waals surface area contributed by atoms with Crippen molar-refractivity contribution in [1.82, 2.24) is 14.8 Å². The maximum absolute atomic E-state index is 12.8. The number of nitrogens with zero attached hydrogens (tertiary/aromatic N) is 3. The lowest BCUT2D eigenvalue weighted by Crippen LogP contribution is -2.47. The van der Waals surface area contributed by atoms with Crippen LogP contribution in [0, 0.1) is 0 Å². The molecule has 1 fully saturated rings. The SMILES string of the molecule is O=C(Cn1c(-c2cccs2)cc2ccccc21)NCCCN1CCN(c2cccc(Cl)c2)CC1. The van der Waals surface area contributed by atoms with E-state index in [9.17, 15) is 4.79 Å². The van der Waals surface area contributed by atoms with Crippen molar-refractivity contribution in [3.63, 3.8) is 0 Å². The van der Waals surface area contributed by atoms with E-state index in [1.54, 1.807) is 11.3 Å². The van der Waals surface area contributed by atoms with Crippen LogP contribution in [0.5, 0.6) is 0 Å². The van der Waals surface area contributed by atoms with Gasteiger partial charge in [-0.25, -0.2) is 0 Å². The van der Waals surface area contributed by atoms with Crippen LogP contribution in [-0.4, -0.2) is 54.6 Å². The second kappa shape index (κ2) is 10.6. The molecule has 1 aliphatic heterocycles. The number of para-hydroxylation sites is 1. The summed E-state index contributed by atoms with van der Waals surface area (Å²) in [6, 6.07) is 22.7. The molecule has 2 aromatic heterocycles. The van der Waals surface area contributed by atoms with Gasteiger partial charge in [0, 0.05) is 54.3 Å². The number of benzene rings is 2. The molecule has 0 saturated carbocycles. The number of hydrogen-bond acceptors (Lipinski definition) is 4. The molecule has 1 saturated heterocycles. The number of carbonyl (C=O) groups excluding carboxylic acids is 1. The number of fused-ring (bicyclic) bond motifs is 1. The van der Waals surface area contributed by atoms with E-state index >= 15 is 0 Å². The maximum atomic E-state index is 12.8. The van der Waals surface area contributed by atoms with E-state index in [2.05, 4.69) is 61.5 Å². The van der Waals surface area contributed by atoms with Gasteiger partial charge in [-0.15, -0.1) is 11.3 Å². The van der Waals surface area contributed by atoms with Gasteiger partial charge in [-0.05, 0) is 54.7 Å². The number of aromatic nitrogens is 1. The lowest BCUT2D eigenvalue weighted by Gasteiger charge is -2.36. The Balaban J connectivity index is 1.10. The Bertz CT molecular complexity index is 1240. The Labute approximate surface area is 209 Å². The van der Waals surface area contributed by atoms with Gasteiger partial charge in [0.1, 0.15) is 6.54 Å². The highest BCUT2D eigenvalue weighted by molar-refractivity contribution is 7.13. The van der Waals surface area contributed by atoms with Crippen LogP contribution in [0.3, 0.4) is 0 Å². The number of thiophene rings is 1. The summed E-state index contributed by atoms with van der Waals surface area (Å²) in [6.07, 6.45) is 0.952. The molecule has 5 nitrogen and oxygen atoms in total. The Kier molecular flexibility index (Phi) is 7.19. The molecule has 3 heterocycles. The number of piperazine rings is 1. The predicted octanol–water partition coefficient (Wildman–Crippen LogP) is 5.35.